The van der Waals surface area contributed by atoms with Crippen LogP contribution in [0.15, 0.2) is 46.9 Å². The molecule has 0 aliphatic heterocycles. The zero-order valence-corrected chi connectivity index (χ0v) is 13.4. The molecule has 0 spiro atoms. The van der Waals surface area contributed by atoms with Crippen LogP contribution in [0.3, 0.4) is 0 Å². The van der Waals surface area contributed by atoms with E-state index < -0.39 is 0 Å². The Balaban J connectivity index is 2.29. The van der Waals surface area contributed by atoms with Crippen LogP contribution in [-0.4, -0.2) is 6.54 Å². The first kappa shape index (κ1) is 15.2. The highest BCUT2D eigenvalue weighted by molar-refractivity contribution is 9.10. The lowest BCUT2D eigenvalue weighted by molar-refractivity contribution is 0.544. The molecule has 106 valence electrons. The van der Waals surface area contributed by atoms with Crippen molar-refractivity contribution in [1.82, 2.24) is 5.32 Å². The van der Waals surface area contributed by atoms with Crippen molar-refractivity contribution in [1.29, 1.82) is 0 Å². The van der Waals surface area contributed by atoms with E-state index in [1.165, 1.54) is 17.2 Å². The van der Waals surface area contributed by atoms with Crippen molar-refractivity contribution in [2.45, 2.75) is 26.3 Å². The predicted octanol–water partition coefficient (Wildman–Crippen LogP) is 4.79. The minimum Gasteiger partial charge on any atom is -0.310 e. The van der Waals surface area contributed by atoms with Crippen LogP contribution in [0, 0.1) is 12.7 Å². The fourth-order valence-electron chi connectivity index (χ4n) is 2.42. The molecule has 1 N–H and O–H groups in total. The third-order valence-electron chi connectivity index (χ3n) is 3.40. The zero-order chi connectivity index (χ0) is 14.5. The lowest BCUT2D eigenvalue weighted by Gasteiger charge is -2.21. The van der Waals surface area contributed by atoms with Crippen LogP contribution >= 0.6 is 15.9 Å². The van der Waals surface area contributed by atoms with E-state index in [1.54, 1.807) is 12.1 Å². The number of halogens is 2. The molecule has 0 saturated heterocycles. The quantitative estimate of drug-likeness (QED) is 0.828. The summed E-state index contributed by atoms with van der Waals surface area (Å²) in [5, 5.41) is 3.49. The van der Waals surface area contributed by atoms with Crippen LogP contribution in [0.2, 0.25) is 0 Å². The van der Waals surface area contributed by atoms with Gasteiger partial charge in [0.2, 0.25) is 0 Å². The van der Waals surface area contributed by atoms with Gasteiger partial charge in [0.15, 0.2) is 0 Å². The monoisotopic (exact) mass is 335 g/mol. The van der Waals surface area contributed by atoms with Crippen LogP contribution < -0.4 is 5.32 Å². The normalized spacial score (nSPS) is 12.4. The highest BCUT2D eigenvalue weighted by Crippen LogP contribution is 2.25. The largest absolute Gasteiger partial charge is 0.310 e. The Hall–Kier alpha value is -1.19. The average molecular weight is 336 g/mol. The SMILES string of the molecule is CCNC(Cc1cccc(F)c1)c1cc(Br)ccc1C. The van der Waals surface area contributed by atoms with Gasteiger partial charge >= 0.3 is 0 Å². The maximum absolute atomic E-state index is 13.3. The fourth-order valence-corrected chi connectivity index (χ4v) is 2.80. The van der Waals surface area contributed by atoms with E-state index >= 15 is 0 Å². The summed E-state index contributed by atoms with van der Waals surface area (Å²) in [6, 6.07) is 13.3. The maximum Gasteiger partial charge on any atom is 0.123 e. The van der Waals surface area contributed by atoms with Crippen LogP contribution in [0.4, 0.5) is 4.39 Å². The molecule has 0 radical (unpaired) electrons. The summed E-state index contributed by atoms with van der Waals surface area (Å²) in [5.74, 6) is -0.177. The Labute approximate surface area is 128 Å². The number of hydrogen-bond donors (Lipinski definition) is 1. The van der Waals surface area contributed by atoms with Crippen molar-refractivity contribution in [3.63, 3.8) is 0 Å². The van der Waals surface area contributed by atoms with Gasteiger partial charge in [0.1, 0.15) is 5.82 Å². The highest BCUT2D eigenvalue weighted by atomic mass is 79.9. The second kappa shape index (κ2) is 7.00. The summed E-state index contributed by atoms with van der Waals surface area (Å²) in [5.41, 5.74) is 3.51. The maximum atomic E-state index is 13.3. The molecule has 1 unspecified atom stereocenters. The van der Waals surface area contributed by atoms with Gasteiger partial charge in [-0.25, -0.2) is 4.39 Å². The highest BCUT2D eigenvalue weighted by Gasteiger charge is 2.14. The second-order valence-electron chi connectivity index (χ2n) is 4.95. The Morgan fingerprint density at radius 2 is 2.00 bits per heavy atom. The van der Waals surface area contributed by atoms with E-state index in [0.717, 1.165) is 23.0 Å². The average Bonchev–Trinajstić information content (AvgIpc) is 2.41. The van der Waals surface area contributed by atoms with Crippen molar-refractivity contribution < 1.29 is 4.39 Å². The van der Waals surface area contributed by atoms with Gasteiger partial charge in [-0.05, 0) is 60.8 Å². The van der Waals surface area contributed by atoms with E-state index in [2.05, 4.69) is 47.2 Å². The number of aryl methyl sites for hydroxylation is 1. The van der Waals surface area contributed by atoms with Crippen molar-refractivity contribution in [3.8, 4) is 0 Å². The summed E-state index contributed by atoms with van der Waals surface area (Å²) < 4.78 is 14.4. The third-order valence-corrected chi connectivity index (χ3v) is 3.89. The summed E-state index contributed by atoms with van der Waals surface area (Å²) >= 11 is 3.52. The fraction of sp³-hybridized carbons (Fsp3) is 0.294. The first-order chi connectivity index (χ1) is 9.60. The molecule has 1 nitrogen and oxygen atoms in total. The smallest absolute Gasteiger partial charge is 0.123 e. The van der Waals surface area contributed by atoms with Crippen molar-refractivity contribution in [2.75, 3.05) is 6.54 Å². The third kappa shape index (κ3) is 3.90. The number of rotatable bonds is 5. The van der Waals surface area contributed by atoms with Crippen LogP contribution in [0.5, 0.6) is 0 Å². The number of nitrogens with one attached hydrogen (secondary N) is 1. The van der Waals surface area contributed by atoms with E-state index in [-0.39, 0.29) is 11.9 Å². The molecule has 0 fully saturated rings. The van der Waals surface area contributed by atoms with E-state index in [1.807, 2.05) is 12.1 Å². The molecule has 2 aromatic rings. The summed E-state index contributed by atoms with van der Waals surface area (Å²) in [6.45, 7) is 5.08. The minimum absolute atomic E-state index is 0.177. The van der Waals surface area contributed by atoms with Gasteiger partial charge in [0.05, 0.1) is 0 Å². The molecule has 0 heterocycles. The standard InChI is InChI=1S/C17H19BrFN/c1-3-20-17(10-13-5-4-6-15(19)9-13)16-11-14(18)8-7-12(16)2/h4-9,11,17,20H,3,10H2,1-2H3. The molecular weight excluding hydrogens is 317 g/mol. The van der Waals surface area contributed by atoms with Gasteiger partial charge in [-0.1, -0.05) is 41.1 Å². The summed E-state index contributed by atoms with van der Waals surface area (Å²) in [7, 11) is 0. The molecule has 0 aliphatic rings. The molecular formula is C17H19BrFN. The molecule has 2 rings (SSSR count). The predicted molar refractivity (Wildman–Crippen MR) is 85.4 cm³/mol. The lowest BCUT2D eigenvalue weighted by atomic mass is 9.95. The van der Waals surface area contributed by atoms with Crippen molar-refractivity contribution in [2.24, 2.45) is 0 Å². The first-order valence-electron chi connectivity index (χ1n) is 6.84. The number of benzene rings is 2. The van der Waals surface area contributed by atoms with E-state index in [4.69, 9.17) is 0 Å². The van der Waals surface area contributed by atoms with Crippen LogP contribution in [0.25, 0.3) is 0 Å². The Morgan fingerprint density at radius 3 is 2.70 bits per heavy atom. The number of likely N-dealkylation sites (N-methyl/N-ethyl adjacent to an activating group) is 1. The minimum atomic E-state index is -0.177. The molecule has 0 saturated carbocycles. The van der Waals surface area contributed by atoms with Gasteiger partial charge in [-0.15, -0.1) is 0 Å². The van der Waals surface area contributed by atoms with Crippen molar-refractivity contribution >= 4 is 15.9 Å². The van der Waals surface area contributed by atoms with Gasteiger partial charge in [0, 0.05) is 10.5 Å². The van der Waals surface area contributed by atoms with Crippen LogP contribution in [0.1, 0.15) is 29.7 Å². The molecule has 0 aliphatic carbocycles. The topological polar surface area (TPSA) is 12.0 Å². The Kier molecular flexibility index (Phi) is 5.32. The molecule has 3 heteroatoms. The molecule has 1 atom stereocenters. The van der Waals surface area contributed by atoms with Crippen molar-refractivity contribution in [3.05, 3.63) is 69.4 Å². The lowest BCUT2D eigenvalue weighted by Crippen LogP contribution is -2.23. The molecule has 0 amide bonds. The molecule has 20 heavy (non-hydrogen) atoms. The van der Waals surface area contributed by atoms with Gasteiger partial charge < -0.3 is 5.32 Å². The van der Waals surface area contributed by atoms with E-state index in [9.17, 15) is 4.39 Å². The zero-order valence-electron chi connectivity index (χ0n) is 11.8. The molecule has 0 aromatic heterocycles. The molecule has 2 aromatic carbocycles. The Morgan fingerprint density at radius 1 is 1.20 bits per heavy atom. The van der Waals surface area contributed by atoms with E-state index in [0.29, 0.717) is 0 Å². The number of hydrogen-bond acceptors (Lipinski definition) is 1. The van der Waals surface area contributed by atoms with Crippen LogP contribution in [-0.2, 0) is 6.42 Å². The summed E-state index contributed by atoms with van der Waals surface area (Å²) in [4.78, 5) is 0. The van der Waals surface area contributed by atoms with Gasteiger partial charge in [-0.3, -0.25) is 0 Å². The Bertz CT molecular complexity index is 583. The molecule has 0 bridgehead atoms. The first-order valence-corrected chi connectivity index (χ1v) is 7.63. The van der Waals surface area contributed by atoms with Gasteiger partial charge in [0.25, 0.3) is 0 Å². The van der Waals surface area contributed by atoms with Gasteiger partial charge in [-0.2, -0.15) is 0 Å². The second-order valence-corrected chi connectivity index (χ2v) is 5.86. The summed E-state index contributed by atoms with van der Waals surface area (Å²) in [6.07, 6.45) is 0.781.